The fraction of sp³-hybridized carbons (Fsp3) is 0.286. The van der Waals surface area contributed by atoms with Crippen LogP contribution in [0.2, 0.25) is 0 Å². The second-order valence-electron chi connectivity index (χ2n) is 17.4. The number of Topliss-reactive ketones (excluding diaryl/α,β-unsaturated/α-hetero) is 2. The number of carbonyl (C=O) groups excluding carboxylic acids is 4. The van der Waals surface area contributed by atoms with E-state index in [1.165, 1.54) is 25.0 Å². The van der Waals surface area contributed by atoms with Crippen molar-refractivity contribution in [2.75, 3.05) is 0 Å². The van der Waals surface area contributed by atoms with Crippen LogP contribution in [-0.4, -0.2) is 31.7 Å². The molecule has 0 bridgehead atoms. The molecule has 318 valence electrons. The Balaban J connectivity index is 1.30. The summed E-state index contributed by atoms with van der Waals surface area (Å²) in [4.78, 5) is 58.3. The maximum absolute atomic E-state index is 15.0. The minimum absolute atomic E-state index is 0.170. The summed E-state index contributed by atoms with van der Waals surface area (Å²) in [5.74, 6) is 0.211. The number of fused-ring (bicyclic) bond motifs is 11. The molecule has 1 heterocycles. The summed E-state index contributed by atoms with van der Waals surface area (Å²) in [7, 11) is -3.71. The molecule has 0 radical (unpaired) electrons. The van der Waals surface area contributed by atoms with Crippen LogP contribution < -0.4 is 19.2 Å². The summed E-state index contributed by atoms with van der Waals surface area (Å²) in [6, 6.07) is 35.0. The van der Waals surface area contributed by atoms with Crippen molar-refractivity contribution in [2.24, 2.45) is 0 Å². The zero-order chi connectivity index (χ0) is 43.5. The second kappa shape index (κ2) is 18.3. The van der Waals surface area contributed by atoms with E-state index < -0.39 is 8.56 Å². The number of ketones is 4. The summed E-state index contributed by atoms with van der Waals surface area (Å²) < 4.78 is 15.0. The van der Waals surface area contributed by atoms with Crippen molar-refractivity contribution in [1.82, 2.24) is 0 Å². The molecule has 0 unspecified atom stereocenters. The van der Waals surface area contributed by atoms with Gasteiger partial charge in [0, 0.05) is 65.7 Å². The number of hydrogen-bond acceptors (Lipinski definition) is 6. The lowest BCUT2D eigenvalue weighted by Gasteiger charge is -2.31. The Morgan fingerprint density at radius 1 is 0.413 bits per heavy atom. The number of carbonyl (C=O) groups is 4. The van der Waals surface area contributed by atoms with Gasteiger partial charge in [0.1, 0.15) is 11.5 Å². The van der Waals surface area contributed by atoms with Gasteiger partial charge in [-0.3, -0.25) is 19.2 Å². The highest BCUT2D eigenvalue weighted by atomic mass is 28.4. The van der Waals surface area contributed by atoms with Crippen LogP contribution in [0.3, 0.4) is 0 Å². The molecule has 0 amide bonds. The summed E-state index contributed by atoms with van der Waals surface area (Å²) in [5.41, 5.74) is 3.54. The lowest BCUT2D eigenvalue weighted by atomic mass is 9.79. The number of rotatable bonds is 16. The van der Waals surface area contributed by atoms with Gasteiger partial charge in [-0.1, -0.05) is 163 Å². The third-order valence-electron chi connectivity index (χ3n) is 13.1. The van der Waals surface area contributed by atoms with Gasteiger partial charge in [0.15, 0.2) is 23.1 Å². The van der Waals surface area contributed by atoms with Crippen molar-refractivity contribution < 1.29 is 28.0 Å². The highest BCUT2D eigenvalue weighted by molar-refractivity contribution is 6.93. The van der Waals surface area contributed by atoms with Crippen molar-refractivity contribution in [3.8, 4) is 22.6 Å². The quantitative estimate of drug-likeness (QED) is 0.0712. The van der Waals surface area contributed by atoms with E-state index in [0.29, 0.717) is 79.6 Å². The van der Waals surface area contributed by atoms with E-state index in [1.54, 1.807) is 12.1 Å². The Bertz CT molecular complexity index is 2640. The number of unbranched alkanes of at least 4 members (excludes halogenated alkanes) is 10. The topological polar surface area (TPSA) is 86.7 Å². The van der Waals surface area contributed by atoms with Crippen molar-refractivity contribution in [3.05, 3.63) is 155 Å². The molecular weight excluding hydrogens is 797 g/mol. The van der Waals surface area contributed by atoms with Crippen LogP contribution in [0.25, 0.3) is 32.7 Å². The second-order valence-corrected chi connectivity index (χ2v) is 20.2. The van der Waals surface area contributed by atoms with Crippen molar-refractivity contribution in [1.29, 1.82) is 0 Å². The van der Waals surface area contributed by atoms with Gasteiger partial charge in [0.2, 0.25) is 0 Å². The van der Waals surface area contributed by atoms with E-state index in [2.05, 4.69) is 13.8 Å². The largest absolute Gasteiger partial charge is 0.531 e. The predicted molar refractivity (Wildman–Crippen MR) is 256 cm³/mol. The molecule has 0 aromatic heterocycles. The van der Waals surface area contributed by atoms with Gasteiger partial charge >= 0.3 is 8.56 Å². The third kappa shape index (κ3) is 7.82. The molecule has 3 aliphatic rings. The minimum atomic E-state index is -3.71. The minimum Gasteiger partial charge on any atom is -0.505 e. The first-order valence-corrected chi connectivity index (χ1v) is 24.9. The monoisotopic (exact) mass is 850 g/mol. The van der Waals surface area contributed by atoms with Crippen molar-refractivity contribution >= 4 is 63.6 Å². The lowest BCUT2D eigenvalue weighted by Crippen LogP contribution is -2.68. The third-order valence-corrected chi connectivity index (χ3v) is 16.3. The lowest BCUT2D eigenvalue weighted by molar-refractivity contribution is 0.0982. The standard InChI is InChI=1S/C56H54O6Si/c1-3-5-7-9-11-15-21-39-35-45(57)43-31-27-37-29-33-47-53(49(37)51(43)55(39)59)54-48(62-63(61-47,41-23-17-13-18-24-41)42-25-19-14-20-26-42)34-30-38-28-32-44-46(58)36-40(56(60)52(44)50(38)54)22-16-12-10-8-6-4-2/h13-14,17-20,23-36H,3-12,15-16,21-22H2,1-2H3. The van der Waals surface area contributed by atoms with Gasteiger partial charge in [0.25, 0.3) is 0 Å². The van der Waals surface area contributed by atoms with Gasteiger partial charge in [-0.15, -0.1) is 0 Å². The van der Waals surface area contributed by atoms with E-state index in [1.807, 2.05) is 97.1 Å². The first kappa shape index (κ1) is 42.1. The average Bonchev–Trinajstić information content (AvgIpc) is 3.47. The van der Waals surface area contributed by atoms with Gasteiger partial charge in [0.05, 0.1) is 0 Å². The van der Waals surface area contributed by atoms with E-state index in [-0.39, 0.29) is 23.1 Å². The predicted octanol–water partition coefficient (Wildman–Crippen LogP) is 12.8. The molecule has 1 aliphatic heterocycles. The Kier molecular flexibility index (Phi) is 12.2. The van der Waals surface area contributed by atoms with E-state index >= 15 is 9.59 Å². The maximum Gasteiger partial charge on any atom is 0.531 e. The first-order chi connectivity index (χ1) is 30.8. The Hall–Kier alpha value is -6.18. The van der Waals surface area contributed by atoms with Crippen LogP contribution in [0.5, 0.6) is 11.5 Å². The van der Waals surface area contributed by atoms with E-state index in [4.69, 9.17) is 8.85 Å². The highest BCUT2D eigenvalue weighted by Crippen LogP contribution is 2.52. The molecule has 6 nitrogen and oxygen atoms in total. The van der Waals surface area contributed by atoms with Gasteiger partial charge < -0.3 is 8.85 Å². The molecule has 0 N–H and O–H groups in total. The zero-order valence-electron chi connectivity index (χ0n) is 36.4. The van der Waals surface area contributed by atoms with Gasteiger partial charge in [-0.2, -0.15) is 0 Å². The Morgan fingerprint density at radius 3 is 1.21 bits per heavy atom. The normalized spacial score (nSPS) is 15.1. The van der Waals surface area contributed by atoms with E-state index in [9.17, 15) is 9.59 Å². The zero-order valence-corrected chi connectivity index (χ0v) is 37.4. The molecule has 0 spiro atoms. The smallest absolute Gasteiger partial charge is 0.505 e. The van der Waals surface area contributed by atoms with Crippen LogP contribution in [-0.2, 0) is 0 Å². The maximum atomic E-state index is 15.0. The SMILES string of the molecule is CCCCCCCCC1=CC(=O)c2ccc3ccc4c(c3c2C1=O)-c1c(ccc2ccc3c(c12)C(=O)C(CCCCCCCC)=CC3=O)O[Si](c1ccccc1)(c1ccccc1)O4. The molecule has 9 rings (SSSR count). The molecule has 0 fully saturated rings. The average molecular weight is 851 g/mol. The van der Waals surface area contributed by atoms with Crippen molar-refractivity contribution in [2.45, 2.75) is 104 Å². The Labute approximate surface area is 371 Å². The fourth-order valence-corrected chi connectivity index (χ4v) is 13.0. The fourth-order valence-electron chi connectivity index (χ4n) is 9.88. The van der Waals surface area contributed by atoms with E-state index in [0.717, 1.165) is 85.4 Å². The molecule has 0 saturated carbocycles. The first-order valence-electron chi connectivity index (χ1n) is 23.1. The molecule has 6 aromatic rings. The van der Waals surface area contributed by atoms with Crippen LogP contribution in [0.4, 0.5) is 0 Å². The van der Waals surface area contributed by atoms with Crippen LogP contribution in [0, 0.1) is 0 Å². The molecule has 6 aromatic carbocycles. The molecule has 0 saturated heterocycles. The van der Waals surface area contributed by atoms with Crippen LogP contribution >= 0.6 is 0 Å². The summed E-state index contributed by atoms with van der Waals surface area (Å²) >= 11 is 0. The molecule has 7 heteroatoms. The summed E-state index contributed by atoms with van der Waals surface area (Å²) in [6.45, 7) is 4.39. The number of allylic oxidation sites excluding steroid dienone is 4. The van der Waals surface area contributed by atoms with Gasteiger partial charge in [-0.25, -0.2) is 0 Å². The summed E-state index contributed by atoms with van der Waals surface area (Å²) in [5, 5.41) is 4.40. The highest BCUT2D eigenvalue weighted by Gasteiger charge is 2.50. The van der Waals surface area contributed by atoms with Crippen LogP contribution in [0.15, 0.2) is 132 Å². The summed E-state index contributed by atoms with van der Waals surface area (Å²) in [6.07, 6.45) is 16.9. The number of benzene rings is 6. The van der Waals surface area contributed by atoms with Crippen LogP contribution in [0.1, 0.15) is 145 Å². The number of hydrogen-bond donors (Lipinski definition) is 0. The van der Waals surface area contributed by atoms with Gasteiger partial charge in [-0.05, 0) is 72.9 Å². The molecule has 2 aliphatic carbocycles. The molecule has 0 atom stereocenters. The molecule has 63 heavy (non-hydrogen) atoms. The Morgan fingerprint density at radius 2 is 0.794 bits per heavy atom. The van der Waals surface area contributed by atoms with Crippen molar-refractivity contribution in [3.63, 3.8) is 0 Å². The molecular formula is C56H54O6Si.